The second-order valence-electron chi connectivity index (χ2n) is 4.04. The lowest BCUT2D eigenvalue weighted by Crippen LogP contribution is -2.42. The van der Waals surface area contributed by atoms with Crippen LogP contribution in [0, 0.1) is 5.92 Å². The van der Waals surface area contributed by atoms with Crippen molar-refractivity contribution in [2.24, 2.45) is 5.92 Å². The fraction of sp³-hybridized carbons (Fsp3) is 0.455. The summed E-state index contributed by atoms with van der Waals surface area (Å²) in [6, 6.07) is 3.20. The maximum Gasteiger partial charge on any atom is 0.249 e. The van der Waals surface area contributed by atoms with Crippen LogP contribution in [-0.2, 0) is 4.79 Å². The van der Waals surface area contributed by atoms with E-state index in [4.69, 9.17) is 4.74 Å². The molecule has 0 spiro atoms. The molecule has 1 N–H and O–H groups in total. The minimum atomic E-state index is -2.68. The van der Waals surface area contributed by atoms with E-state index < -0.39 is 11.8 Å². The largest absolute Gasteiger partial charge is 0.481 e. The van der Waals surface area contributed by atoms with Crippen LogP contribution < -0.4 is 10.1 Å². The number of hydrogen-bond donors (Lipinski definition) is 1. The van der Waals surface area contributed by atoms with Gasteiger partial charge in [0.1, 0.15) is 0 Å². The molecule has 1 aliphatic carbocycles. The zero-order chi connectivity index (χ0) is 12.5. The number of hydrogen-bond acceptors (Lipinski definition) is 3. The fourth-order valence-electron chi connectivity index (χ4n) is 1.67. The molecule has 0 unspecified atom stereocenters. The number of methoxy groups -OCH3 is 1. The van der Waals surface area contributed by atoms with Crippen LogP contribution in [0.2, 0.25) is 0 Å². The first-order valence-corrected chi connectivity index (χ1v) is 5.19. The Morgan fingerprint density at radius 2 is 2.24 bits per heavy atom. The van der Waals surface area contributed by atoms with Gasteiger partial charge in [-0.1, -0.05) is 0 Å². The molecule has 1 aromatic heterocycles. The van der Waals surface area contributed by atoms with Gasteiger partial charge in [-0.3, -0.25) is 4.79 Å². The van der Waals surface area contributed by atoms with Crippen molar-refractivity contribution in [1.29, 1.82) is 0 Å². The number of aromatic nitrogens is 1. The summed E-state index contributed by atoms with van der Waals surface area (Å²) in [5, 5.41) is 2.54. The smallest absolute Gasteiger partial charge is 0.249 e. The van der Waals surface area contributed by atoms with Crippen LogP contribution in [0.4, 0.5) is 14.5 Å². The first-order valence-electron chi connectivity index (χ1n) is 5.19. The summed E-state index contributed by atoms with van der Waals surface area (Å²) < 4.78 is 30.0. The number of nitrogens with zero attached hydrogens (tertiary/aromatic N) is 1. The Labute approximate surface area is 97.0 Å². The number of pyridine rings is 1. The molecule has 0 aliphatic heterocycles. The molecule has 1 saturated carbocycles. The van der Waals surface area contributed by atoms with E-state index in [2.05, 4.69) is 10.3 Å². The highest BCUT2D eigenvalue weighted by atomic mass is 19.3. The lowest BCUT2D eigenvalue weighted by atomic mass is 9.81. The van der Waals surface area contributed by atoms with Crippen molar-refractivity contribution in [2.75, 3.05) is 12.4 Å². The third kappa shape index (κ3) is 2.69. The maximum absolute atomic E-state index is 12.6. The molecule has 1 aromatic rings. The lowest BCUT2D eigenvalue weighted by Gasteiger charge is -2.33. The third-order valence-electron chi connectivity index (χ3n) is 2.67. The number of ether oxygens (including phenoxy) is 1. The summed E-state index contributed by atoms with van der Waals surface area (Å²) in [4.78, 5) is 15.4. The molecule has 1 aliphatic rings. The van der Waals surface area contributed by atoms with Crippen molar-refractivity contribution in [3.63, 3.8) is 0 Å². The molecule has 0 bridgehead atoms. The van der Waals surface area contributed by atoms with E-state index in [1.54, 1.807) is 12.1 Å². The molecule has 92 valence electrons. The van der Waals surface area contributed by atoms with E-state index in [1.807, 2.05) is 0 Å². The maximum atomic E-state index is 12.6. The molecule has 6 heteroatoms. The molecule has 4 nitrogen and oxygen atoms in total. The van der Waals surface area contributed by atoms with E-state index in [0.717, 1.165) is 0 Å². The van der Waals surface area contributed by atoms with Crippen LogP contribution >= 0.6 is 0 Å². The topological polar surface area (TPSA) is 51.2 Å². The van der Waals surface area contributed by atoms with Gasteiger partial charge in [-0.15, -0.1) is 0 Å². The molecule has 17 heavy (non-hydrogen) atoms. The van der Waals surface area contributed by atoms with Crippen molar-refractivity contribution < 1.29 is 18.3 Å². The molecule has 1 amide bonds. The highest BCUT2D eigenvalue weighted by molar-refractivity contribution is 5.93. The van der Waals surface area contributed by atoms with Crippen LogP contribution in [-0.4, -0.2) is 23.9 Å². The second-order valence-corrected chi connectivity index (χ2v) is 4.04. The van der Waals surface area contributed by atoms with Crippen molar-refractivity contribution in [2.45, 2.75) is 18.8 Å². The van der Waals surface area contributed by atoms with Crippen LogP contribution in [0.3, 0.4) is 0 Å². The fourth-order valence-corrected chi connectivity index (χ4v) is 1.67. The zero-order valence-corrected chi connectivity index (χ0v) is 9.24. The summed E-state index contributed by atoms with van der Waals surface area (Å²) >= 11 is 0. The molecule has 0 radical (unpaired) electrons. The van der Waals surface area contributed by atoms with E-state index in [9.17, 15) is 13.6 Å². The molecule has 0 aromatic carbocycles. The SMILES string of the molecule is COc1ccc(NC(=O)C2CC(F)(F)C2)cn1. The Morgan fingerprint density at radius 1 is 1.53 bits per heavy atom. The molecule has 2 rings (SSSR count). The lowest BCUT2D eigenvalue weighted by molar-refractivity contribution is -0.145. The molecular weight excluding hydrogens is 230 g/mol. The van der Waals surface area contributed by atoms with Crippen molar-refractivity contribution in [3.8, 4) is 5.88 Å². The summed E-state index contributed by atoms with van der Waals surface area (Å²) in [6.45, 7) is 0. The Balaban J connectivity index is 1.90. The molecule has 1 heterocycles. The van der Waals surface area contributed by atoms with Crippen molar-refractivity contribution in [3.05, 3.63) is 18.3 Å². The Kier molecular flexibility index (Phi) is 2.95. The number of nitrogens with one attached hydrogen (secondary N) is 1. The van der Waals surface area contributed by atoms with E-state index >= 15 is 0 Å². The normalized spacial score (nSPS) is 18.3. The summed E-state index contributed by atoms with van der Waals surface area (Å²) in [5.41, 5.74) is 0.478. The minimum absolute atomic E-state index is 0.373. The third-order valence-corrected chi connectivity index (χ3v) is 2.67. The number of carbonyl (C=O) groups excluding carboxylic acids is 1. The van der Waals surface area contributed by atoms with Crippen LogP contribution in [0.5, 0.6) is 5.88 Å². The Bertz CT molecular complexity index is 412. The summed E-state index contributed by atoms with van der Waals surface area (Å²) in [6.07, 6.45) is 0.679. The Morgan fingerprint density at radius 3 is 2.71 bits per heavy atom. The predicted molar refractivity (Wildman–Crippen MR) is 57.1 cm³/mol. The van der Waals surface area contributed by atoms with Gasteiger partial charge >= 0.3 is 0 Å². The van der Waals surface area contributed by atoms with Gasteiger partial charge in [0, 0.05) is 24.8 Å². The van der Waals surface area contributed by atoms with E-state index in [1.165, 1.54) is 13.3 Å². The summed E-state index contributed by atoms with van der Waals surface area (Å²) in [5.74, 6) is -3.24. The van der Waals surface area contributed by atoms with Gasteiger partial charge in [0.05, 0.1) is 19.0 Å². The average molecular weight is 242 g/mol. The summed E-state index contributed by atoms with van der Waals surface area (Å²) in [7, 11) is 1.48. The predicted octanol–water partition coefficient (Wildman–Crippen LogP) is 2.07. The first-order chi connectivity index (χ1) is 8.00. The second kappa shape index (κ2) is 4.27. The molecule has 0 atom stereocenters. The molecule has 1 fully saturated rings. The minimum Gasteiger partial charge on any atom is -0.481 e. The van der Waals surface area contributed by atoms with Crippen molar-refractivity contribution in [1.82, 2.24) is 4.98 Å². The zero-order valence-electron chi connectivity index (χ0n) is 9.24. The number of halogens is 2. The highest BCUT2D eigenvalue weighted by Crippen LogP contribution is 2.42. The van der Waals surface area contributed by atoms with Gasteiger partial charge in [0.15, 0.2) is 0 Å². The van der Waals surface area contributed by atoms with Gasteiger partial charge in [-0.2, -0.15) is 0 Å². The molecule has 0 saturated heterocycles. The van der Waals surface area contributed by atoms with Gasteiger partial charge in [-0.05, 0) is 6.07 Å². The monoisotopic (exact) mass is 242 g/mol. The number of alkyl halides is 2. The van der Waals surface area contributed by atoms with Gasteiger partial charge < -0.3 is 10.1 Å². The van der Waals surface area contributed by atoms with Gasteiger partial charge in [0.25, 0.3) is 0 Å². The van der Waals surface area contributed by atoms with Crippen LogP contribution in [0.1, 0.15) is 12.8 Å². The average Bonchev–Trinajstić information content (AvgIpc) is 2.26. The Hall–Kier alpha value is -1.72. The van der Waals surface area contributed by atoms with E-state index in [-0.39, 0.29) is 18.7 Å². The van der Waals surface area contributed by atoms with Crippen LogP contribution in [0.15, 0.2) is 18.3 Å². The van der Waals surface area contributed by atoms with Crippen molar-refractivity contribution >= 4 is 11.6 Å². The quantitative estimate of drug-likeness (QED) is 0.882. The number of rotatable bonds is 3. The number of amides is 1. The molecular formula is C11H12F2N2O2. The standard InChI is InChI=1S/C11H12F2N2O2/c1-17-9-3-2-8(6-14-9)15-10(16)7-4-11(12,13)5-7/h2-3,6-7H,4-5H2,1H3,(H,15,16). The highest BCUT2D eigenvalue weighted by Gasteiger charge is 2.48. The first kappa shape index (κ1) is 11.8. The van der Waals surface area contributed by atoms with Crippen LogP contribution in [0.25, 0.3) is 0 Å². The van der Waals surface area contributed by atoms with Gasteiger partial charge in [-0.25, -0.2) is 13.8 Å². The van der Waals surface area contributed by atoms with E-state index in [0.29, 0.717) is 11.6 Å². The number of anilines is 1. The van der Waals surface area contributed by atoms with Gasteiger partial charge in [0.2, 0.25) is 17.7 Å². The number of carbonyl (C=O) groups is 1.